The van der Waals surface area contributed by atoms with E-state index in [0.29, 0.717) is 44.1 Å². The van der Waals surface area contributed by atoms with Gasteiger partial charge in [0.05, 0.1) is 34.5 Å². The van der Waals surface area contributed by atoms with Crippen LogP contribution in [0.1, 0.15) is 38.5 Å². The summed E-state index contributed by atoms with van der Waals surface area (Å²) in [4.78, 5) is 32.0. The summed E-state index contributed by atoms with van der Waals surface area (Å²) >= 11 is 7.76. The van der Waals surface area contributed by atoms with E-state index in [1.165, 1.54) is 31.0 Å². The Bertz CT molecular complexity index is 1320. The van der Waals surface area contributed by atoms with Gasteiger partial charge in [-0.05, 0) is 86.6 Å². The van der Waals surface area contributed by atoms with Gasteiger partial charge in [0.25, 0.3) is 5.56 Å². The van der Waals surface area contributed by atoms with Gasteiger partial charge < -0.3 is 4.74 Å². The first kappa shape index (κ1) is 22.2. The molecule has 176 valence electrons. The number of hydrogen-bond acceptors (Lipinski definition) is 5. The van der Waals surface area contributed by atoms with Crippen LogP contribution in [0.2, 0.25) is 5.02 Å². The first-order chi connectivity index (χ1) is 16.5. The van der Waals surface area contributed by atoms with Crippen molar-refractivity contribution in [2.45, 2.75) is 43.7 Å². The fraction of sp³-hybridized carbons (Fsp3) is 0.444. The summed E-state index contributed by atoms with van der Waals surface area (Å²) in [5.41, 5.74) is 0.913. The van der Waals surface area contributed by atoms with E-state index < -0.39 is 0 Å². The zero-order chi connectivity index (χ0) is 23.4. The predicted octanol–water partition coefficient (Wildman–Crippen LogP) is 5.93. The molecule has 0 unspecified atom stereocenters. The minimum absolute atomic E-state index is 0.160. The van der Waals surface area contributed by atoms with Gasteiger partial charge in [-0.3, -0.25) is 14.2 Å². The molecule has 7 heteroatoms. The van der Waals surface area contributed by atoms with E-state index >= 15 is 0 Å². The Morgan fingerprint density at radius 2 is 1.79 bits per heavy atom. The fourth-order valence-electron chi connectivity index (χ4n) is 6.97. The Labute approximate surface area is 207 Å². The smallest absolute Gasteiger partial charge is 0.266 e. The highest BCUT2D eigenvalue weighted by Crippen LogP contribution is 2.60. The maximum atomic E-state index is 13.6. The minimum atomic E-state index is -0.170. The van der Waals surface area contributed by atoms with Crippen LogP contribution in [0.4, 0.5) is 0 Å². The highest BCUT2D eigenvalue weighted by atomic mass is 35.5. The van der Waals surface area contributed by atoms with Crippen molar-refractivity contribution in [1.29, 1.82) is 0 Å². The molecule has 2 aromatic carbocycles. The van der Waals surface area contributed by atoms with Gasteiger partial charge in [0.2, 0.25) is 0 Å². The summed E-state index contributed by atoms with van der Waals surface area (Å²) in [6.45, 7) is 0. The van der Waals surface area contributed by atoms with Crippen molar-refractivity contribution in [2.75, 3.05) is 12.9 Å². The van der Waals surface area contributed by atoms with E-state index in [1.807, 2.05) is 18.2 Å². The number of ketones is 1. The second-order valence-electron chi connectivity index (χ2n) is 10.3. The Hall–Kier alpha value is -2.31. The molecule has 7 rings (SSSR count). The molecule has 0 atom stereocenters. The number of rotatable bonds is 6. The molecule has 4 bridgehead atoms. The van der Waals surface area contributed by atoms with E-state index in [0.717, 1.165) is 37.0 Å². The Kier molecular flexibility index (Phi) is 5.49. The molecule has 4 aliphatic rings. The molecular weight excluding hydrogens is 468 g/mol. The van der Waals surface area contributed by atoms with Gasteiger partial charge in [-0.1, -0.05) is 35.5 Å². The van der Waals surface area contributed by atoms with Crippen LogP contribution in [0.3, 0.4) is 0 Å². The number of fused-ring (bicyclic) bond motifs is 1. The van der Waals surface area contributed by atoms with Gasteiger partial charge in [-0.25, -0.2) is 4.98 Å². The van der Waals surface area contributed by atoms with Gasteiger partial charge in [0.1, 0.15) is 11.5 Å². The second-order valence-corrected chi connectivity index (χ2v) is 11.6. The van der Waals surface area contributed by atoms with Crippen LogP contribution >= 0.6 is 23.4 Å². The summed E-state index contributed by atoms with van der Waals surface area (Å²) < 4.78 is 6.85. The molecule has 0 aliphatic heterocycles. The van der Waals surface area contributed by atoms with E-state index in [9.17, 15) is 9.59 Å². The number of carbonyl (C=O) groups excluding carboxylic acids is 1. The fourth-order valence-corrected chi connectivity index (χ4v) is 8.27. The third kappa shape index (κ3) is 3.66. The average Bonchev–Trinajstić information content (AvgIpc) is 2.82. The minimum Gasteiger partial charge on any atom is -0.495 e. The monoisotopic (exact) mass is 494 g/mol. The number of thioether (sulfide) groups is 1. The molecule has 4 aliphatic carbocycles. The maximum Gasteiger partial charge on any atom is 0.266 e. The van der Waals surface area contributed by atoms with E-state index in [2.05, 4.69) is 0 Å². The number of carbonyl (C=O) groups is 1. The van der Waals surface area contributed by atoms with E-state index in [4.69, 9.17) is 21.3 Å². The molecule has 4 fully saturated rings. The van der Waals surface area contributed by atoms with Crippen LogP contribution in [0.25, 0.3) is 16.6 Å². The molecule has 0 saturated heterocycles. The van der Waals surface area contributed by atoms with Gasteiger partial charge in [-0.2, -0.15) is 0 Å². The van der Waals surface area contributed by atoms with Crippen LogP contribution in [0.15, 0.2) is 52.4 Å². The standard InChI is InChI=1S/C27H27ClN2O3S/c1-33-23-7-6-19(11-21(23)28)30-25(32)20-4-2-3-5-22(20)29-26(30)34-15-24(31)27-12-16-8-17(13-27)10-18(9-16)14-27/h2-7,11,16-18H,8-10,12-15H2,1H3. The SMILES string of the molecule is COc1ccc(-n2c(SCC(=O)C34CC5CC(CC(C5)C3)C4)nc3ccccc3c2=O)cc1Cl. The molecule has 4 saturated carbocycles. The third-order valence-corrected chi connectivity index (χ3v) is 9.33. The van der Waals surface area contributed by atoms with Crippen molar-refractivity contribution in [1.82, 2.24) is 9.55 Å². The van der Waals surface area contributed by atoms with Crippen LogP contribution in [-0.4, -0.2) is 28.2 Å². The number of hydrogen-bond donors (Lipinski definition) is 0. The number of para-hydroxylation sites is 1. The summed E-state index contributed by atoms with van der Waals surface area (Å²) in [6.07, 6.45) is 7.07. The van der Waals surface area contributed by atoms with Crippen LogP contribution < -0.4 is 10.3 Å². The van der Waals surface area contributed by atoms with Gasteiger partial charge in [-0.15, -0.1) is 0 Å². The summed E-state index contributed by atoms with van der Waals surface area (Å²) in [5.74, 6) is 3.37. The maximum absolute atomic E-state index is 13.6. The summed E-state index contributed by atoms with van der Waals surface area (Å²) in [5, 5.41) is 1.47. The molecule has 0 radical (unpaired) electrons. The number of halogens is 1. The zero-order valence-corrected chi connectivity index (χ0v) is 20.7. The van der Waals surface area contributed by atoms with Crippen molar-refractivity contribution < 1.29 is 9.53 Å². The normalized spacial score (nSPS) is 27.3. The molecule has 1 aromatic heterocycles. The number of ether oxygens (including phenoxy) is 1. The summed E-state index contributed by atoms with van der Waals surface area (Å²) in [7, 11) is 1.56. The van der Waals surface area contributed by atoms with Gasteiger partial charge in [0.15, 0.2) is 5.16 Å². The van der Waals surface area contributed by atoms with Gasteiger partial charge >= 0.3 is 0 Å². The van der Waals surface area contributed by atoms with E-state index in [1.54, 1.807) is 35.9 Å². The van der Waals surface area contributed by atoms with Crippen molar-refractivity contribution in [3.05, 3.63) is 57.8 Å². The zero-order valence-electron chi connectivity index (χ0n) is 19.1. The van der Waals surface area contributed by atoms with Crippen LogP contribution in [0.5, 0.6) is 5.75 Å². The number of nitrogens with zero attached hydrogens (tertiary/aromatic N) is 2. The lowest BCUT2D eigenvalue weighted by molar-refractivity contribution is -0.141. The molecule has 5 nitrogen and oxygen atoms in total. The number of methoxy groups -OCH3 is 1. The predicted molar refractivity (Wildman–Crippen MR) is 135 cm³/mol. The lowest BCUT2D eigenvalue weighted by Crippen LogP contribution is -2.50. The van der Waals surface area contributed by atoms with Gasteiger partial charge in [0, 0.05) is 5.41 Å². The number of aromatic nitrogens is 2. The molecule has 0 amide bonds. The van der Waals surface area contributed by atoms with Crippen molar-refractivity contribution in [3.8, 4) is 11.4 Å². The van der Waals surface area contributed by atoms with Crippen LogP contribution in [0, 0.1) is 23.2 Å². The van der Waals surface area contributed by atoms with E-state index in [-0.39, 0.29) is 11.0 Å². The second kappa shape index (κ2) is 8.42. The molecule has 3 aromatic rings. The third-order valence-electron chi connectivity index (χ3n) is 8.10. The topological polar surface area (TPSA) is 61.2 Å². The lowest BCUT2D eigenvalue weighted by Gasteiger charge is -2.56. The lowest BCUT2D eigenvalue weighted by atomic mass is 9.48. The molecular formula is C27H27ClN2O3S. The Morgan fingerprint density at radius 3 is 2.44 bits per heavy atom. The molecule has 1 heterocycles. The average molecular weight is 495 g/mol. The first-order valence-corrected chi connectivity index (χ1v) is 13.3. The Morgan fingerprint density at radius 1 is 1.12 bits per heavy atom. The molecule has 0 spiro atoms. The molecule has 0 N–H and O–H groups in total. The molecule has 34 heavy (non-hydrogen) atoms. The van der Waals surface area contributed by atoms with Crippen molar-refractivity contribution >= 4 is 40.0 Å². The van der Waals surface area contributed by atoms with Crippen LogP contribution in [-0.2, 0) is 4.79 Å². The largest absolute Gasteiger partial charge is 0.495 e. The highest BCUT2D eigenvalue weighted by molar-refractivity contribution is 7.99. The first-order valence-electron chi connectivity index (χ1n) is 12.0. The summed E-state index contributed by atoms with van der Waals surface area (Å²) in [6, 6.07) is 12.6. The quantitative estimate of drug-likeness (QED) is 0.314. The Balaban J connectivity index is 1.36. The number of benzene rings is 2. The highest BCUT2D eigenvalue weighted by Gasteiger charge is 2.54. The van der Waals surface area contributed by atoms with Crippen molar-refractivity contribution in [2.24, 2.45) is 23.2 Å². The van der Waals surface area contributed by atoms with Crippen molar-refractivity contribution in [3.63, 3.8) is 0 Å². The number of Topliss-reactive ketones (excluding diaryl/α,β-unsaturated/α-hetero) is 1.